The van der Waals surface area contributed by atoms with Gasteiger partial charge >= 0.3 is 0 Å². The zero-order valence-corrected chi connectivity index (χ0v) is 25.3. The second-order valence-electron chi connectivity index (χ2n) is 9.10. The van der Waals surface area contributed by atoms with Crippen LogP contribution in [0.4, 0.5) is 5.69 Å². The maximum Gasteiger partial charge on any atom is 0.264 e. The Morgan fingerprint density at radius 3 is 2.30 bits per heavy atom. The topological polar surface area (TPSA) is 107 Å². The summed E-state index contributed by atoms with van der Waals surface area (Å²) in [6.45, 7) is 4.41. The van der Waals surface area contributed by atoms with Gasteiger partial charge in [0.15, 0.2) is 11.5 Å². The second kappa shape index (κ2) is 15.1. The quantitative estimate of drug-likeness (QED) is 0.135. The van der Waals surface area contributed by atoms with Crippen molar-refractivity contribution in [1.29, 1.82) is 0 Å². The van der Waals surface area contributed by atoms with Crippen molar-refractivity contribution in [2.75, 3.05) is 24.1 Å². The zero-order valence-electron chi connectivity index (χ0n) is 23.8. The molecule has 4 rings (SSSR count). The number of carbonyl (C=O) groups is 1. The summed E-state index contributed by atoms with van der Waals surface area (Å²) in [6.07, 6.45) is 1.44. The minimum atomic E-state index is -4.05. The fraction of sp³-hybridized carbons (Fsp3) is 0.188. The summed E-state index contributed by atoms with van der Waals surface area (Å²) in [5.74, 6) is 1.01. The number of hydrazone groups is 1. The zero-order chi connectivity index (χ0) is 30.7. The van der Waals surface area contributed by atoms with Gasteiger partial charge in [-0.1, -0.05) is 41.9 Å². The molecule has 0 heterocycles. The van der Waals surface area contributed by atoms with E-state index in [1.165, 1.54) is 18.3 Å². The van der Waals surface area contributed by atoms with E-state index in [9.17, 15) is 13.2 Å². The predicted molar refractivity (Wildman–Crippen MR) is 168 cm³/mol. The molecule has 0 fully saturated rings. The van der Waals surface area contributed by atoms with Gasteiger partial charge in [0, 0.05) is 5.02 Å². The molecule has 4 aromatic rings. The summed E-state index contributed by atoms with van der Waals surface area (Å²) in [6, 6.07) is 27.0. The Morgan fingerprint density at radius 2 is 1.60 bits per heavy atom. The van der Waals surface area contributed by atoms with Crippen molar-refractivity contribution in [2.45, 2.75) is 25.3 Å². The largest absolute Gasteiger partial charge is 0.494 e. The van der Waals surface area contributed by atoms with Crippen LogP contribution >= 0.6 is 11.6 Å². The highest BCUT2D eigenvalue weighted by atomic mass is 35.5. The van der Waals surface area contributed by atoms with Crippen LogP contribution in [0.1, 0.15) is 25.0 Å². The molecule has 4 aromatic carbocycles. The van der Waals surface area contributed by atoms with Crippen molar-refractivity contribution in [3.05, 3.63) is 113 Å². The van der Waals surface area contributed by atoms with Crippen molar-refractivity contribution in [1.82, 2.24) is 5.43 Å². The van der Waals surface area contributed by atoms with Gasteiger partial charge in [-0.15, -0.1) is 0 Å². The van der Waals surface area contributed by atoms with Crippen molar-refractivity contribution in [3.63, 3.8) is 0 Å². The lowest BCUT2D eigenvalue weighted by Gasteiger charge is -2.24. The Kier molecular flexibility index (Phi) is 11.0. The lowest BCUT2D eigenvalue weighted by atomic mass is 10.2. The monoisotopic (exact) mass is 621 g/mol. The lowest BCUT2D eigenvalue weighted by molar-refractivity contribution is -0.119. The molecule has 1 amide bonds. The second-order valence-corrected chi connectivity index (χ2v) is 11.4. The summed E-state index contributed by atoms with van der Waals surface area (Å²) in [4.78, 5) is 13.0. The van der Waals surface area contributed by atoms with E-state index < -0.39 is 22.5 Å². The molecule has 9 nitrogen and oxygen atoms in total. The molecular weight excluding hydrogens is 590 g/mol. The van der Waals surface area contributed by atoms with Crippen molar-refractivity contribution in [2.24, 2.45) is 5.10 Å². The van der Waals surface area contributed by atoms with E-state index in [4.69, 9.17) is 25.8 Å². The number of anilines is 1. The summed E-state index contributed by atoms with van der Waals surface area (Å²) >= 11 is 6.06. The Hall–Kier alpha value is -4.54. The maximum absolute atomic E-state index is 13.5. The molecule has 0 aliphatic carbocycles. The molecule has 0 aromatic heterocycles. The first-order valence-corrected chi connectivity index (χ1v) is 15.4. The van der Waals surface area contributed by atoms with Crippen LogP contribution < -0.4 is 23.9 Å². The van der Waals surface area contributed by atoms with Gasteiger partial charge in [-0.25, -0.2) is 13.8 Å². The van der Waals surface area contributed by atoms with Crippen molar-refractivity contribution >= 4 is 39.4 Å². The summed E-state index contributed by atoms with van der Waals surface area (Å²) in [5.41, 5.74) is 4.28. The Labute approximate surface area is 256 Å². The average Bonchev–Trinajstić information content (AvgIpc) is 3.01. The van der Waals surface area contributed by atoms with Gasteiger partial charge in [0.05, 0.1) is 30.0 Å². The molecule has 1 N–H and O–H groups in total. The fourth-order valence-corrected chi connectivity index (χ4v) is 5.69. The van der Waals surface area contributed by atoms with Crippen LogP contribution in [0.15, 0.2) is 107 Å². The van der Waals surface area contributed by atoms with Crippen LogP contribution in [0, 0.1) is 0 Å². The molecule has 0 aliphatic heterocycles. The van der Waals surface area contributed by atoms with Crippen molar-refractivity contribution in [3.8, 4) is 17.2 Å². The number of hydrogen-bond acceptors (Lipinski definition) is 7. The van der Waals surface area contributed by atoms with Gasteiger partial charge in [-0.05, 0) is 91.7 Å². The average molecular weight is 622 g/mol. The minimum absolute atomic E-state index is 0.0568. The number of hydrogen-bond donors (Lipinski definition) is 1. The van der Waals surface area contributed by atoms with E-state index >= 15 is 0 Å². The molecule has 11 heteroatoms. The van der Waals surface area contributed by atoms with E-state index in [0.717, 1.165) is 9.87 Å². The van der Waals surface area contributed by atoms with Gasteiger partial charge in [-0.2, -0.15) is 5.10 Å². The number of halogens is 1. The maximum atomic E-state index is 13.5. The highest BCUT2D eigenvalue weighted by molar-refractivity contribution is 7.92. The van der Waals surface area contributed by atoms with Crippen LogP contribution in [-0.2, 0) is 21.4 Å². The number of ether oxygens (including phenoxy) is 3. The standard InChI is InChI=1S/C32H32ClN3O6S/c1-3-40-28-16-14-27(15-17-28)36(43(38,39)29-11-6-5-7-12-29)22-32(37)35-34-21-24-13-18-30(31(20-24)41-4-2)42-23-25-9-8-10-26(33)19-25/h5-21H,3-4,22-23H2,1-2H3,(H,35,37)/b34-21+. The van der Waals surface area contributed by atoms with Crippen LogP contribution in [0.2, 0.25) is 5.02 Å². The number of rotatable bonds is 14. The van der Waals surface area contributed by atoms with E-state index in [1.54, 1.807) is 66.7 Å². The highest BCUT2D eigenvalue weighted by Crippen LogP contribution is 2.29. The van der Waals surface area contributed by atoms with Crippen molar-refractivity contribution < 1.29 is 27.4 Å². The fourth-order valence-electron chi connectivity index (χ4n) is 4.03. The third kappa shape index (κ3) is 8.73. The number of sulfonamides is 1. The molecule has 0 spiro atoms. The van der Waals surface area contributed by atoms with E-state index in [-0.39, 0.29) is 4.90 Å². The molecule has 0 saturated carbocycles. The SMILES string of the molecule is CCOc1ccc(N(CC(=O)N/N=C/c2ccc(OCc3cccc(Cl)c3)c(OCC)c2)S(=O)(=O)c2ccccc2)cc1. The first-order valence-electron chi connectivity index (χ1n) is 13.6. The molecule has 224 valence electrons. The third-order valence-electron chi connectivity index (χ3n) is 6.01. The minimum Gasteiger partial charge on any atom is -0.494 e. The van der Waals surface area contributed by atoms with Gasteiger partial charge in [0.2, 0.25) is 0 Å². The number of carbonyl (C=O) groups excluding carboxylic acids is 1. The van der Waals surface area contributed by atoms with Gasteiger partial charge in [0.1, 0.15) is 18.9 Å². The number of amides is 1. The van der Waals surface area contributed by atoms with E-state index in [1.807, 2.05) is 32.0 Å². The van der Waals surface area contributed by atoms with Gasteiger partial charge in [0.25, 0.3) is 15.9 Å². The molecule has 0 saturated heterocycles. The summed E-state index contributed by atoms with van der Waals surface area (Å²) in [5, 5.41) is 4.66. The van der Waals surface area contributed by atoms with Crippen LogP contribution in [0.5, 0.6) is 17.2 Å². The highest BCUT2D eigenvalue weighted by Gasteiger charge is 2.27. The molecule has 0 unspecified atom stereocenters. The van der Waals surface area contributed by atoms with E-state index in [0.29, 0.717) is 53.3 Å². The molecular formula is C32H32ClN3O6S. The number of nitrogens with zero attached hydrogens (tertiary/aromatic N) is 2. The Morgan fingerprint density at radius 1 is 0.860 bits per heavy atom. The molecule has 43 heavy (non-hydrogen) atoms. The molecule has 0 radical (unpaired) electrons. The number of nitrogens with one attached hydrogen (secondary N) is 1. The van der Waals surface area contributed by atoms with Gasteiger partial charge < -0.3 is 14.2 Å². The Bertz CT molecular complexity index is 1650. The molecule has 0 aliphatic rings. The van der Waals surface area contributed by atoms with Gasteiger partial charge in [-0.3, -0.25) is 9.10 Å². The first-order chi connectivity index (χ1) is 20.8. The number of benzene rings is 4. The molecule has 0 atom stereocenters. The lowest BCUT2D eigenvalue weighted by Crippen LogP contribution is -2.39. The van der Waals surface area contributed by atoms with E-state index in [2.05, 4.69) is 10.5 Å². The van der Waals surface area contributed by atoms with Crippen LogP contribution in [0.3, 0.4) is 0 Å². The normalized spacial score (nSPS) is 11.2. The first kappa shape index (κ1) is 31.4. The third-order valence-corrected chi connectivity index (χ3v) is 8.03. The molecule has 0 bridgehead atoms. The summed E-state index contributed by atoms with van der Waals surface area (Å²) in [7, 11) is -4.05. The van der Waals surface area contributed by atoms with Crippen LogP contribution in [0.25, 0.3) is 0 Å². The van der Waals surface area contributed by atoms with Crippen LogP contribution in [-0.4, -0.2) is 40.3 Å². The summed E-state index contributed by atoms with van der Waals surface area (Å²) < 4.78 is 45.2. The smallest absolute Gasteiger partial charge is 0.264 e. The Balaban J connectivity index is 1.47. The predicted octanol–water partition coefficient (Wildman–Crippen LogP) is 6.06.